The van der Waals surface area contributed by atoms with E-state index in [1.807, 2.05) is 0 Å². The van der Waals surface area contributed by atoms with Gasteiger partial charge in [0.05, 0.1) is 11.0 Å². The molecule has 2 heterocycles. The third kappa shape index (κ3) is 2.06. The van der Waals surface area contributed by atoms with Crippen molar-refractivity contribution in [1.29, 1.82) is 0 Å². The van der Waals surface area contributed by atoms with Crippen molar-refractivity contribution in [3.63, 3.8) is 0 Å². The van der Waals surface area contributed by atoms with Gasteiger partial charge in [-0.2, -0.15) is 0 Å². The summed E-state index contributed by atoms with van der Waals surface area (Å²) in [6.45, 7) is 9.06. The van der Waals surface area contributed by atoms with E-state index in [9.17, 15) is 0 Å². The summed E-state index contributed by atoms with van der Waals surface area (Å²) in [7, 11) is 0. The van der Waals surface area contributed by atoms with Gasteiger partial charge in [-0.15, -0.1) is 0 Å². The molecule has 0 unspecified atom stereocenters. The summed E-state index contributed by atoms with van der Waals surface area (Å²) in [4.78, 5) is 4.96. The van der Waals surface area contributed by atoms with Crippen LogP contribution >= 0.6 is 0 Å². The van der Waals surface area contributed by atoms with Crippen molar-refractivity contribution < 1.29 is 0 Å². The van der Waals surface area contributed by atoms with Gasteiger partial charge >= 0.3 is 0 Å². The standard InChI is InChI=1S/C16H23N3/c1-12(2)19-14-7-5-4-6-13(14)18-15(19)16(3)8-10-17-11-9-16/h4-7,12,17H,8-11H2,1-3H3. The Labute approximate surface area is 115 Å². The molecule has 102 valence electrons. The maximum atomic E-state index is 4.96. The van der Waals surface area contributed by atoms with E-state index < -0.39 is 0 Å². The molecular weight excluding hydrogens is 234 g/mol. The van der Waals surface area contributed by atoms with Gasteiger partial charge in [0.2, 0.25) is 0 Å². The lowest BCUT2D eigenvalue weighted by Gasteiger charge is -2.34. The summed E-state index contributed by atoms with van der Waals surface area (Å²) in [5.74, 6) is 1.27. The molecule has 1 N–H and O–H groups in total. The van der Waals surface area contributed by atoms with Crippen LogP contribution in [0.4, 0.5) is 0 Å². The Kier molecular flexibility index (Phi) is 3.09. The van der Waals surface area contributed by atoms with Crippen molar-refractivity contribution >= 4 is 11.0 Å². The third-order valence-corrected chi connectivity index (χ3v) is 4.36. The zero-order chi connectivity index (χ0) is 13.5. The predicted octanol–water partition coefficient (Wildman–Crippen LogP) is 3.26. The van der Waals surface area contributed by atoms with Gasteiger partial charge in [-0.25, -0.2) is 4.98 Å². The molecule has 19 heavy (non-hydrogen) atoms. The molecule has 0 spiro atoms. The first-order chi connectivity index (χ1) is 9.12. The smallest absolute Gasteiger partial charge is 0.116 e. The molecule has 0 amide bonds. The number of aromatic nitrogens is 2. The Morgan fingerprint density at radius 3 is 2.58 bits per heavy atom. The van der Waals surface area contributed by atoms with Crippen molar-refractivity contribution in [1.82, 2.24) is 14.9 Å². The molecule has 0 saturated carbocycles. The second kappa shape index (κ2) is 4.64. The van der Waals surface area contributed by atoms with Gasteiger partial charge in [0.1, 0.15) is 5.82 Å². The van der Waals surface area contributed by atoms with E-state index in [4.69, 9.17) is 4.98 Å². The normalized spacial score (nSPS) is 19.2. The zero-order valence-electron chi connectivity index (χ0n) is 12.1. The van der Waals surface area contributed by atoms with Crippen LogP contribution in [0, 0.1) is 0 Å². The van der Waals surface area contributed by atoms with Crippen molar-refractivity contribution in [3.05, 3.63) is 30.1 Å². The van der Waals surface area contributed by atoms with Gasteiger partial charge < -0.3 is 9.88 Å². The highest BCUT2D eigenvalue weighted by Gasteiger charge is 2.34. The van der Waals surface area contributed by atoms with E-state index in [0.29, 0.717) is 6.04 Å². The van der Waals surface area contributed by atoms with Gasteiger partial charge in [0.15, 0.2) is 0 Å². The lowest BCUT2D eigenvalue weighted by Crippen LogP contribution is -2.39. The van der Waals surface area contributed by atoms with E-state index in [0.717, 1.165) is 18.6 Å². The van der Waals surface area contributed by atoms with Gasteiger partial charge in [-0.3, -0.25) is 0 Å². The molecule has 1 aromatic carbocycles. The van der Waals surface area contributed by atoms with Gasteiger partial charge in [0.25, 0.3) is 0 Å². The minimum Gasteiger partial charge on any atom is -0.325 e. The molecule has 3 heteroatoms. The molecule has 2 aromatic rings. The highest BCUT2D eigenvalue weighted by Crippen LogP contribution is 2.35. The number of fused-ring (bicyclic) bond motifs is 1. The molecular formula is C16H23N3. The number of para-hydroxylation sites is 2. The zero-order valence-corrected chi connectivity index (χ0v) is 12.1. The van der Waals surface area contributed by atoms with Crippen molar-refractivity contribution in [2.24, 2.45) is 0 Å². The first kappa shape index (κ1) is 12.7. The topological polar surface area (TPSA) is 29.9 Å². The predicted molar refractivity (Wildman–Crippen MR) is 79.6 cm³/mol. The summed E-state index contributed by atoms with van der Waals surface area (Å²) in [5.41, 5.74) is 2.60. The molecule has 1 aromatic heterocycles. The van der Waals surface area contributed by atoms with Crippen LogP contribution in [-0.4, -0.2) is 22.6 Å². The second-order valence-electron chi connectivity index (χ2n) is 6.20. The van der Waals surface area contributed by atoms with Crippen LogP contribution in [0.3, 0.4) is 0 Å². The van der Waals surface area contributed by atoms with Gasteiger partial charge in [-0.05, 0) is 51.9 Å². The molecule has 1 fully saturated rings. The van der Waals surface area contributed by atoms with Crippen LogP contribution in [0.15, 0.2) is 24.3 Å². The van der Waals surface area contributed by atoms with E-state index in [1.165, 1.54) is 24.2 Å². The van der Waals surface area contributed by atoms with Crippen LogP contribution in [0.2, 0.25) is 0 Å². The number of imidazole rings is 1. The van der Waals surface area contributed by atoms with Crippen molar-refractivity contribution in [2.75, 3.05) is 13.1 Å². The maximum absolute atomic E-state index is 4.96. The first-order valence-electron chi connectivity index (χ1n) is 7.30. The molecule has 3 nitrogen and oxygen atoms in total. The molecule has 1 aliphatic rings. The molecule has 1 aliphatic heterocycles. The number of rotatable bonds is 2. The van der Waals surface area contributed by atoms with Crippen LogP contribution in [0.5, 0.6) is 0 Å². The minimum atomic E-state index is 0.203. The van der Waals surface area contributed by atoms with Gasteiger partial charge in [0, 0.05) is 11.5 Å². The number of nitrogens with zero attached hydrogens (tertiary/aromatic N) is 2. The van der Waals surface area contributed by atoms with E-state index in [-0.39, 0.29) is 5.41 Å². The average molecular weight is 257 g/mol. The van der Waals surface area contributed by atoms with E-state index >= 15 is 0 Å². The molecule has 3 rings (SSSR count). The maximum Gasteiger partial charge on any atom is 0.116 e. The van der Waals surface area contributed by atoms with Crippen molar-refractivity contribution in [3.8, 4) is 0 Å². The molecule has 0 aliphatic carbocycles. The summed E-state index contributed by atoms with van der Waals surface area (Å²) in [6, 6.07) is 8.96. The quantitative estimate of drug-likeness (QED) is 0.895. The van der Waals surface area contributed by atoms with Crippen LogP contribution in [-0.2, 0) is 5.41 Å². The van der Waals surface area contributed by atoms with Crippen LogP contribution in [0.1, 0.15) is 45.5 Å². The Morgan fingerprint density at radius 2 is 1.89 bits per heavy atom. The Hall–Kier alpha value is -1.35. The van der Waals surface area contributed by atoms with Crippen LogP contribution < -0.4 is 5.32 Å². The first-order valence-corrected chi connectivity index (χ1v) is 7.30. The molecule has 0 atom stereocenters. The Morgan fingerprint density at radius 1 is 1.21 bits per heavy atom. The van der Waals surface area contributed by atoms with Crippen LogP contribution in [0.25, 0.3) is 11.0 Å². The van der Waals surface area contributed by atoms with E-state index in [1.54, 1.807) is 0 Å². The fraction of sp³-hybridized carbons (Fsp3) is 0.562. The third-order valence-electron chi connectivity index (χ3n) is 4.36. The largest absolute Gasteiger partial charge is 0.325 e. The monoisotopic (exact) mass is 257 g/mol. The second-order valence-corrected chi connectivity index (χ2v) is 6.20. The summed E-state index contributed by atoms with van der Waals surface area (Å²) in [5, 5.41) is 3.46. The Bertz CT molecular complexity index is 577. The number of hydrogen-bond acceptors (Lipinski definition) is 2. The highest BCUT2D eigenvalue weighted by atomic mass is 15.1. The Balaban J connectivity index is 2.19. The number of nitrogens with one attached hydrogen (secondary N) is 1. The fourth-order valence-electron chi connectivity index (χ4n) is 3.20. The molecule has 1 saturated heterocycles. The number of benzene rings is 1. The summed E-state index contributed by atoms with van der Waals surface area (Å²) >= 11 is 0. The molecule has 0 radical (unpaired) electrons. The average Bonchev–Trinajstić information content (AvgIpc) is 2.79. The minimum absolute atomic E-state index is 0.203. The fourth-order valence-corrected chi connectivity index (χ4v) is 3.20. The number of hydrogen-bond donors (Lipinski definition) is 1. The lowest BCUT2D eigenvalue weighted by atomic mass is 9.80. The van der Waals surface area contributed by atoms with E-state index in [2.05, 4.69) is 54.9 Å². The summed E-state index contributed by atoms with van der Waals surface area (Å²) in [6.07, 6.45) is 2.34. The molecule has 0 bridgehead atoms. The number of piperidine rings is 1. The van der Waals surface area contributed by atoms with Crippen molar-refractivity contribution in [2.45, 2.75) is 45.1 Å². The summed E-state index contributed by atoms with van der Waals surface area (Å²) < 4.78 is 2.43. The SMILES string of the molecule is CC(C)n1c(C2(C)CCNCC2)nc2ccccc21. The highest BCUT2D eigenvalue weighted by molar-refractivity contribution is 5.76. The lowest BCUT2D eigenvalue weighted by molar-refractivity contribution is 0.305. The van der Waals surface area contributed by atoms with Gasteiger partial charge in [-0.1, -0.05) is 19.1 Å².